The second-order valence-corrected chi connectivity index (χ2v) is 7.23. The van der Waals surface area contributed by atoms with Gasteiger partial charge in [-0.05, 0) is 31.4 Å². The van der Waals surface area contributed by atoms with E-state index in [1.165, 1.54) is 24.8 Å². The van der Waals surface area contributed by atoms with Crippen LogP contribution in [0.15, 0.2) is 48.5 Å². The number of fused-ring (bicyclic) bond motifs is 1. The molecule has 4 rings (SSSR count). The third-order valence-corrected chi connectivity index (χ3v) is 5.37. The van der Waals surface area contributed by atoms with Crippen LogP contribution in [0.3, 0.4) is 0 Å². The fourth-order valence-electron chi connectivity index (χ4n) is 3.81. The number of aromatic nitrogens is 1. The highest BCUT2D eigenvalue weighted by atomic mass is 16.4. The number of carboxylic acid groups (broad SMARTS) is 1. The number of carbonyl (C=O) groups is 1. The summed E-state index contributed by atoms with van der Waals surface area (Å²) in [5.74, 6) is -0.862. The smallest absolute Gasteiger partial charge is 0.352 e. The number of rotatable bonds is 6. The highest BCUT2D eigenvalue weighted by molar-refractivity contribution is 5.98. The van der Waals surface area contributed by atoms with Gasteiger partial charge in [-0.2, -0.15) is 0 Å². The van der Waals surface area contributed by atoms with Crippen LogP contribution in [-0.4, -0.2) is 21.7 Å². The molecule has 4 nitrogen and oxygen atoms in total. The van der Waals surface area contributed by atoms with Crippen molar-refractivity contribution in [2.24, 2.45) is 0 Å². The zero-order valence-electron chi connectivity index (χ0n) is 15.0. The molecule has 1 aliphatic rings. The third-order valence-electron chi connectivity index (χ3n) is 5.37. The van der Waals surface area contributed by atoms with Gasteiger partial charge in [-0.25, -0.2) is 4.79 Å². The van der Waals surface area contributed by atoms with E-state index in [2.05, 4.69) is 30.4 Å². The summed E-state index contributed by atoms with van der Waals surface area (Å²) < 4.78 is 1.95. The van der Waals surface area contributed by atoms with E-state index in [-0.39, 0.29) is 0 Å². The van der Waals surface area contributed by atoms with Crippen molar-refractivity contribution in [2.45, 2.75) is 45.3 Å². The minimum absolute atomic E-state index is 0.402. The average Bonchev–Trinajstić information content (AvgIpc) is 2.88. The molecule has 0 saturated heterocycles. The van der Waals surface area contributed by atoms with Gasteiger partial charge in [0.15, 0.2) is 0 Å². The van der Waals surface area contributed by atoms with Gasteiger partial charge in [0.1, 0.15) is 5.69 Å². The van der Waals surface area contributed by atoms with Crippen molar-refractivity contribution in [3.8, 4) is 0 Å². The van der Waals surface area contributed by atoms with Crippen molar-refractivity contribution in [1.29, 1.82) is 0 Å². The van der Waals surface area contributed by atoms with E-state index < -0.39 is 5.97 Å². The van der Waals surface area contributed by atoms with Crippen molar-refractivity contribution < 1.29 is 9.90 Å². The largest absolute Gasteiger partial charge is 0.477 e. The first-order valence-corrected chi connectivity index (χ1v) is 9.26. The summed E-state index contributed by atoms with van der Waals surface area (Å²) >= 11 is 0. The van der Waals surface area contributed by atoms with Crippen molar-refractivity contribution in [3.05, 3.63) is 70.9 Å². The number of aryl methyl sites for hydroxylation is 1. The van der Waals surface area contributed by atoms with E-state index in [1.54, 1.807) is 0 Å². The molecule has 0 bridgehead atoms. The van der Waals surface area contributed by atoms with Crippen molar-refractivity contribution in [3.63, 3.8) is 0 Å². The third kappa shape index (κ3) is 3.13. The Morgan fingerprint density at radius 1 is 1.19 bits per heavy atom. The molecule has 134 valence electrons. The molecule has 0 radical (unpaired) electrons. The zero-order chi connectivity index (χ0) is 18.1. The number of hydrogen-bond donors (Lipinski definition) is 2. The Morgan fingerprint density at radius 2 is 2.00 bits per heavy atom. The highest BCUT2D eigenvalue weighted by Gasteiger charge is 2.24. The number of hydrogen-bond acceptors (Lipinski definition) is 2. The van der Waals surface area contributed by atoms with Crippen LogP contribution in [0.1, 0.15) is 46.4 Å². The van der Waals surface area contributed by atoms with Crippen LogP contribution in [-0.2, 0) is 13.1 Å². The Labute approximate surface area is 153 Å². The summed E-state index contributed by atoms with van der Waals surface area (Å²) in [4.78, 5) is 12.1. The summed E-state index contributed by atoms with van der Waals surface area (Å²) in [6.45, 7) is 3.23. The van der Waals surface area contributed by atoms with Gasteiger partial charge in [0.05, 0.1) is 0 Å². The fourth-order valence-corrected chi connectivity index (χ4v) is 3.81. The summed E-state index contributed by atoms with van der Waals surface area (Å²) in [5, 5.41) is 14.5. The number of nitrogens with one attached hydrogen (secondary N) is 1. The lowest BCUT2D eigenvalue weighted by Gasteiger charge is -2.26. The molecule has 2 N–H and O–H groups in total. The van der Waals surface area contributed by atoms with E-state index in [0.29, 0.717) is 24.8 Å². The number of aromatic carboxylic acids is 1. The van der Waals surface area contributed by atoms with E-state index in [4.69, 9.17) is 0 Å². The van der Waals surface area contributed by atoms with Gasteiger partial charge in [-0.1, -0.05) is 54.4 Å². The van der Waals surface area contributed by atoms with Crippen molar-refractivity contribution in [1.82, 2.24) is 9.88 Å². The van der Waals surface area contributed by atoms with Gasteiger partial charge < -0.3 is 15.0 Å². The van der Waals surface area contributed by atoms with Crippen LogP contribution in [0.25, 0.3) is 10.9 Å². The van der Waals surface area contributed by atoms with Gasteiger partial charge in [0.2, 0.25) is 0 Å². The van der Waals surface area contributed by atoms with Crippen LogP contribution < -0.4 is 5.32 Å². The second-order valence-electron chi connectivity index (χ2n) is 7.23. The first-order chi connectivity index (χ1) is 12.6. The highest BCUT2D eigenvalue weighted by Crippen LogP contribution is 2.29. The molecule has 2 aromatic carbocycles. The van der Waals surface area contributed by atoms with Gasteiger partial charge in [0, 0.05) is 35.6 Å². The monoisotopic (exact) mass is 348 g/mol. The lowest BCUT2D eigenvalue weighted by atomic mass is 9.93. The number of carboxylic acids is 1. The Balaban J connectivity index is 1.79. The van der Waals surface area contributed by atoms with E-state index >= 15 is 0 Å². The molecule has 0 spiro atoms. The molecule has 0 amide bonds. The SMILES string of the molecule is Cc1cccc(Cn2c(C(=O)O)c(CNC3CCC3)c3ccccc32)c1. The Kier molecular flexibility index (Phi) is 4.51. The first-order valence-electron chi connectivity index (χ1n) is 9.26. The predicted octanol–water partition coefficient (Wildman–Crippen LogP) is 4.34. The maximum absolute atomic E-state index is 12.1. The first kappa shape index (κ1) is 16.9. The van der Waals surface area contributed by atoms with Gasteiger partial charge >= 0.3 is 5.97 Å². The van der Waals surface area contributed by atoms with Crippen LogP contribution in [0, 0.1) is 6.92 Å². The zero-order valence-corrected chi connectivity index (χ0v) is 15.0. The van der Waals surface area contributed by atoms with Crippen LogP contribution in [0.2, 0.25) is 0 Å². The molecule has 1 heterocycles. The van der Waals surface area contributed by atoms with E-state index in [9.17, 15) is 9.90 Å². The predicted molar refractivity (Wildman–Crippen MR) is 104 cm³/mol. The molecule has 1 fully saturated rings. The number of nitrogens with zero attached hydrogens (tertiary/aromatic N) is 1. The molecule has 1 aromatic heterocycles. The fraction of sp³-hybridized carbons (Fsp3) is 0.318. The molecule has 1 aliphatic carbocycles. The topological polar surface area (TPSA) is 54.3 Å². The Morgan fingerprint density at radius 3 is 2.69 bits per heavy atom. The molecule has 3 aromatic rings. The molecular weight excluding hydrogens is 324 g/mol. The summed E-state index contributed by atoms with van der Waals surface area (Å²) in [6, 6.07) is 16.8. The Hall–Kier alpha value is -2.59. The van der Waals surface area contributed by atoms with Crippen molar-refractivity contribution >= 4 is 16.9 Å². The lowest BCUT2D eigenvalue weighted by molar-refractivity contribution is 0.0684. The molecule has 1 saturated carbocycles. The standard InChI is InChI=1S/C22H24N2O2/c1-15-6-4-7-16(12-15)14-24-20-11-3-2-10-18(20)19(21(24)22(25)26)13-23-17-8-5-9-17/h2-4,6-7,10-12,17,23H,5,8-9,13-14H2,1H3,(H,25,26). The van der Waals surface area contributed by atoms with Crippen LogP contribution in [0.4, 0.5) is 0 Å². The molecule has 0 atom stereocenters. The van der Waals surface area contributed by atoms with Gasteiger partial charge in [-0.3, -0.25) is 0 Å². The Bertz CT molecular complexity index is 954. The van der Waals surface area contributed by atoms with Crippen LogP contribution >= 0.6 is 0 Å². The maximum Gasteiger partial charge on any atom is 0.352 e. The number of benzene rings is 2. The average molecular weight is 348 g/mol. The van der Waals surface area contributed by atoms with Crippen LogP contribution in [0.5, 0.6) is 0 Å². The van der Waals surface area contributed by atoms with E-state index in [1.807, 2.05) is 34.9 Å². The molecule has 0 aliphatic heterocycles. The minimum Gasteiger partial charge on any atom is -0.477 e. The van der Waals surface area contributed by atoms with Crippen molar-refractivity contribution in [2.75, 3.05) is 0 Å². The molecule has 26 heavy (non-hydrogen) atoms. The van der Waals surface area contributed by atoms with Gasteiger partial charge in [0.25, 0.3) is 0 Å². The molecule has 0 unspecified atom stereocenters. The summed E-state index contributed by atoms with van der Waals surface area (Å²) in [5.41, 5.74) is 4.58. The molecular formula is C22H24N2O2. The maximum atomic E-state index is 12.1. The number of para-hydroxylation sites is 1. The lowest BCUT2D eigenvalue weighted by Crippen LogP contribution is -2.34. The quantitative estimate of drug-likeness (QED) is 0.697. The second kappa shape index (κ2) is 6.96. The van der Waals surface area contributed by atoms with Gasteiger partial charge in [-0.15, -0.1) is 0 Å². The summed E-state index contributed by atoms with van der Waals surface area (Å²) in [6.07, 6.45) is 3.63. The summed E-state index contributed by atoms with van der Waals surface area (Å²) in [7, 11) is 0. The minimum atomic E-state index is -0.862. The van der Waals surface area contributed by atoms with E-state index in [0.717, 1.165) is 22.0 Å². The molecule has 4 heteroatoms. The normalized spacial score (nSPS) is 14.5.